The number of aromatic nitrogens is 1. The number of ether oxygens (including phenoxy) is 3. The maximum absolute atomic E-state index is 6.50. The summed E-state index contributed by atoms with van der Waals surface area (Å²) in [4.78, 5) is 11.0. The second kappa shape index (κ2) is 14.0. The highest BCUT2D eigenvalue weighted by atomic mass is 16.7. The van der Waals surface area contributed by atoms with E-state index in [0.29, 0.717) is 24.9 Å². The van der Waals surface area contributed by atoms with E-state index >= 15 is 0 Å². The quantitative estimate of drug-likeness (QED) is 0.183. The fourth-order valence-electron chi connectivity index (χ4n) is 5.02. The van der Waals surface area contributed by atoms with Crippen molar-refractivity contribution in [2.24, 2.45) is 0 Å². The van der Waals surface area contributed by atoms with E-state index in [0.717, 1.165) is 67.8 Å². The molecule has 1 saturated carbocycles. The first-order valence-electron chi connectivity index (χ1n) is 13.4. The molecular weight excluding hydrogens is 464 g/mol. The molecule has 2 aromatic carbocycles. The third-order valence-electron chi connectivity index (χ3n) is 7.04. The predicted octanol–water partition coefficient (Wildman–Crippen LogP) is 7.08. The fraction of sp³-hybridized carbons (Fsp3) is 0.452. The summed E-state index contributed by atoms with van der Waals surface area (Å²) in [7, 11) is 3.35. The van der Waals surface area contributed by atoms with Crippen molar-refractivity contribution in [3.05, 3.63) is 83.7 Å². The van der Waals surface area contributed by atoms with Gasteiger partial charge >= 0.3 is 0 Å². The lowest BCUT2D eigenvalue weighted by atomic mass is 9.81. The number of rotatable bonds is 13. The van der Waals surface area contributed by atoms with E-state index in [-0.39, 0.29) is 6.04 Å². The van der Waals surface area contributed by atoms with Crippen molar-refractivity contribution in [1.29, 1.82) is 0 Å². The second-order valence-corrected chi connectivity index (χ2v) is 9.60. The van der Waals surface area contributed by atoms with Crippen LogP contribution in [0.1, 0.15) is 68.2 Å². The van der Waals surface area contributed by atoms with E-state index in [9.17, 15) is 0 Å². The first-order valence-corrected chi connectivity index (χ1v) is 13.4. The maximum Gasteiger partial charge on any atom is 0.168 e. The number of benzene rings is 2. The highest BCUT2D eigenvalue weighted by Crippen LogP contribution is 2.40. The zero-order valence-electron chi connectivity index (χ0n) is 22.4. The Hall–Kier alpha value is -3.09. The van der Waals surface area contributed by atoms with Gasteiger partial charge in [0, 0.05) is 13.3 Å². The van der Waals surface area contributed by atoms with Crippen LogP contribution in [0.25, 0.3) is 0 Å². The fourth-order valence-corrected chi connectivity index (χ4v) is 5.02. The molecule has 1 aliphatic rings. The van der Waals surface area contributed by atoms with Crippen LogP contribution in [0, 0.1) is 0 Å². The lowest BCUT2D eigenvalue weighted by molar-refractivity contribution is 0.0611. The molecule has 0 atom stereocenters. The van der Waals surface area contributed by atoms with Crippen molar-refractivity contribution in [2.75, 3.05) is 25.9 Å². The van der Waals surface area contributed by atoms with Crippen LogP contribution in [0.4, 0.5) is 5.69 Å². The minimum atomic E-state index is 0.239. The van der Waals surface area contributed by atoms with E-state index in [2.05, 4.69) is 53.4 Å². The number of nitrogens with zero attached hydrogens (tertiary/aromatic N) is 2. The van der Waals surface area contributed by atoms with Gasteiger partial charge in [-0.25, -0.2) is 5.06 Å². The summed E-state index contributed by atoms with van der Waals surface area (Å²) in [6.45, 7) is 3.84. The van der Waals surface area contributed by atoms with Crippen LogP contribution in [0.3, 0.4) is 0 Å². The number of unbranched alkanes of at least 4 members (excludes halogenated alkanes) is 1. The van der Waals surface area contributed by atoms with Gasteiger partial charge in [-0.15, -0.1) is 0 Å². The van der Waals surface area contributed by atoms with Gasteiger partial charge in [0.25, 0.3) is 0 Å². The largest absolute Gasteiger partial charge is 0.494 e. The van der Waals surface area contributed by atoms with E-state index in [1.165, 1.54) is 5.56 Å². The molecule has 4 rings (SSSR count). The molecule has 0 spiro atoms. The van der Waals surface area contributed by atoms with Gasteiger partial charge in [0.15, 0.2) is 5.75 Å². The third-order valence-corrected chi connectivity index (χ3v) is 7.04. The molecule has 37 heavy (non-hydrogen) atoms. The van der Waals surface area contributed by atoms with Gasteiger partial charge < -0.3 is 14.2 Å². The van der Waals surface area contributed by atoms with Crippen LogP contribution >= 0.6 is 0 Å². The molecule has 0 unspecified atom stereocenters. The summed E-state index contributed by atoms with van der Waals surface area (Å²) in [5.74, 6) is 2.21. The molecule has 0 radical (unpaired) electrons. The Morgan fingerprint density at radius 1 is 0.892 bits per heavy atom. The minimum absolute atomic E-state index is 0.239. The molecule has 0 amide bonds. The molecule has 198 valence electrons. The van der Waals surface area contributed by atoms with Crippen molar-refractivity contribution in [2.45, 2.75) is 70.6 Å². The molecule has 1 fully saturated rings. The number of hydroxylamine groups is 1. The SMILES string of the molecule is CCCCOc1ccc(C2CCC(N(OCc3ccccc3)c3ccnc(COC)c3OC)CC2)cc1. The van der Waals surface area contributed by atoms with Crippen LogP contribution in [-0.2, 0) is 22.8 Å². The van der Waals surface area contributed by atoms with Crippen molar-refractivity contribution in [1.82, 2.24) is 4.98 Å². The Balaban J connectivity index is 1.48. The zero-order chi connectivity index (χ0) is 25.9. The highest BCUT2D eigenvalue weighted by molar-refractivity contribution is 5.59. The summed E-state index contributed by atoms with van der Waals surface area (Å²) in [6, 6.07) is 21.2. The third kappa shape index (κ3) is 7.24. The second-order valence-electron chi connectivity index (χ2n) is 9.60. The average molecular weight is 505 g/mol. The number of anilines is 1. The van der Waals surface area contributed by atoms with Gasteiger partial charge in [-0.3, -0.25) is 9.82 Å². The topological polar surface area (TPSA) is 53.1 Å². The Kier molecular flexibility index (Phi) is 10.2. The predicted molar refractivity (Wildman–Crippen MR) is 147 cm³/mol. The maximum atomic E-state index is 6.50. The lowest BCUT2D eigenvalue weighted by Crippen LogP contribution is -2.38. The summed E-state index contributed by atoms with van der Waals surface area (Å²) in [5, 5.41) is 2.06. The Labute approximate surface area is 221 Å². The molecular formula is C31H40N2O4. The number of hydrogen-bond acceptors (Lipinski definition) is 6. The van der Waals surface area contributed by atoms with Crippen molar-refractivity contribution >= 4 is 5.69 Å². The molecule has 1 aliphatic carbocycles. The van der Waals surface area contributed by atoms with E-state index in [1.54, 1.807) is 20.4 Å². The van der Waals surface area contributed by atoms with Crippen LogP contribution in [0.15, 0.2) is 66.9 Å². The molecule has 3 aromatic rings. The van der Waals surface area contributed by atoms with E-state index < -0.39 is 0 Å². The van der Waals surface area contributed by atoms with Gasteiger partial charge in [0.2, 0.25) is 0 Å². The Morgan fingerprint density at radius 3 is 2.32 bits per heavy atom. The highest BCUT2D eigenvalue weighted by Gasteiger charge is 2.30. The van der Waals surface area contributed by atoms with Crippen molar-refractivity contribution < 1.29 is 19.0 Å². The first-order chi connectivity index (χ1) is 18.2. The van der Waals surface area contributed by atoms with Gasteiger partial charge in [0.05, 0.1) is 33.0 Å². The summed E-state index contributed by atoms with van der Waals surface area (Å²) in [5.41, 5.74) is 4.19. The minimum Gasteiger partial charge on any atom is -0.494 e. The molecule has 0 saturated heterocycles. The molecule has 0 aliphatic heterocycles. The van der Waals surface area contributed by atoms with E-state index in [1.807, 2.05) is 24.3 Å². The summed E-state index contributed by atoms with van der Waals surface area (Å²) < 4.78 is 17.0. The number of methoxy groups -OCH3 is 2. The monoisotopic (exact) mass is 504 g/mol. The lowest BCUT2D eigenvalue weighted by Gasteiger charge is -2.38. The van der Waals surface area contributed by atoms with Crippen LogP contribution in [-0.4, -0.2) is 31.9 Å². The van der Waals surface area contributed by atoms with Crippen molar-refractivity contribution in [3.63, 3.8) is 0 Å². The van der Waals surface area contributed by atoms with Crippen molar-refractivity contribution in [3.8, 4) is 11.5 Å². The molecule has 0 bridgehead atoms. The summed E-state index contributed by atoms with van der Waals surface area (Å²) >= 11 is 0. The number of pyridine rings is 1. The van der Waals surface area contributed by atoms with Gasteiger partial charge in [-0.2, -0.15) is 0 Å². The smallest absolute Gasteiger partial charge is 0.168 e. The number of hydrogen-bond donors (Lipinski definition) is 0. The van der Waals surface area contributed by atoms with Gasteiger partial charge in [-0.1, -0.05) is 55.8 Å². The summed E-state index contributed by atoms with van der Waals surface area (Å²) in [6.07, 6.45) is 8.30. The molecule has 1 heterocycles. The average Bonchev–Trinajstić information content (AvgIpc) is 2.95. The first kappa shape index (κ1) is 27.0. The Morgan fingerprint density at radius 2 is 1.65 bits per heavy atom. The van der Waals surface area contributed by atoms with Crippen LogP contribution < -0.4 is 14.5 Å². The Bertz CT molecular complexity index is 1070. The van der Waals surface area contributed by atoms with Crippen LogP contribution in [0.5, 0.6) is 11.5 Å². The molecule has 6 nitrogen and oxygen atoms in total. The normalized spacial score (nSPS) is 17.4. The van der Waals surface area contributed by atoms with Gasteiger partial charge in [0.1, 0.15) is 17.1 Å². The standard InChI is InChI=1S/C31H40N2O4/c1-4-5-21-36-28-17-13-26(14-18-28)25-11-15-27(16-12-25)33(37-22-24-9-7-6-8-10-24)30-19-20-32-29(23-34-2)31(30)35-3/h6-10,13-14,17-20,25,27H,4-5,11-12,15-16,21-23H2,1-3H3. The zero-order valence-corrected chi connectivity index (χ0v) is 22.4. The van der Waals surface area contributed by atoms with Crippen LogP contribution in [0.2, 0.25) is 0 Å². The van der Waals surface area contributed by atoms with E-state index in [4.69, 9.17) is 19.0 Å². The molecule has 6 heteroatoms. The molecule has 1 aromatic heterocycles. The molecule has 0 N–H and O–H groups in total. The van der Waals surface area contributed by atoms with Gasteiger partial charge in [-0.05, 0) is 67.3 Å².